The van der Waals surface area contributed by atoms with E-state index in [2.05, 4.69) is 10.0 Å². The molecule has 0 aliphatic heterocycles. The first-order chi connectivity index (χ1) is 7.65. The fourth-order valence-electron chi connectivity index (χ4n) is 1.33. The summed E-state index contributed by atoms with van der Waals surface area (Å²) in [4.78, 5) is 15.7. The van der Waals surface area contributed by atoms with E-state index in [1.807, 2.05) is 12.1 Å². The third kappa shape index (κ3) is 3.29. The third-order valence-electron chi connectivity index (χ3n) is 2.25. The topological polar surface area (TPSA) is 69.1 Å². The molecule has 1 rings (SSSR count). The van der Waals surface area contributed by atoms with E-state index < -0.39 is 0 Å². The first-order valence-electron chi connectivity index (χ1n) is 4.98. The van der Waals surface area contributed by atoms with Gasteiger partial charge in [-0.1, -0.05) is 29.4 Å². The van der Waals surface area contributed by atoms with E-state index in [0.29, 0.717) is 18.5 Å². The molecule has 0 heterocycles. The van der Waals surface area contributed by atoms with Gasteiger partial charge in [0.25, 0.3) is 0 Å². The highest BCUT2D eigenvalue weighted by atomic mass is 16.2. The van der Waals surface area contributed by atoms with Crippen LogP contribution in [0.2, 0.25) is 0 Å². The number of hydrogen-bond acceptors (Lipinski definition) is 2. The molecule has 0 spiro atoms. The molecule has 1 aromatic carbocycles. The van der Waals surface area contributed by atoms with Crippen molar-refractivity contribution >= 4 is 11.6 Å². The van der Waals surface area contributed by atoms with Crippen molar-refractivity contribution in [2.75, 3.05) is 14.1 Å². The largest absolute Gasteiger partial charge is 0.349 e. The van der Waals surface area contributed by atoms with Gasteiger partial charge in [-0.25, -0.2) is 0 Å². The predicted octanol–water partition coefficient (Wildman–Crippen LogP) is 2.65. The molecule has 0 aliphatic rings. The molecule has 0 unspecified atom stereocenters. The van der Waals surface area contributed by atoms with E-state index in [-0.39, 0.29) is 5.91 Å². The van der Waals surface area contributed by atoms with E-state index in [1.165, 1.54) is 0 Å². The Hall–Kier alpha value is -2.00. The standard InChI is InChI=1S/C11H14N4O/c1-15(2)11(16)8-7-9-5-3-4-6-10(9)13-14-12/h3-6H,7-8H2,1-2H3. The van der Waals surface area contributed by atoms with Crippen molar-refractivity contribution in [3.8, 4) is 0 Å². The van der Waals surface area contributed by atoms with E-state index in [4.69, 9.17) is 5.53 Å². The highest BCUT2D eigenvalue weighted by Gasteiger charge is 2.06. The highest BCUT2D eigenvalue weighted by Crippen LogP contribution is 2.20. The summed E-state index contributed by atoms with van der Waals surface area (Å²) in [6, 6.07) is 7.29. The molecule has 5 nitrogen and oxygen atoms in total. The average molecular weight is 218 g/mol. The molecule has 0 fully saturated rings. The lowest BCUT2D eigenvalue weighted by molar-refractivity contribution is -0.128. The van der Waals surface area contributed by atoms with Crippen LogP contribution in [0, 0.1) is 0 Å². The number of carbonyl (C=O) groups excluding carboxylic acids is 1. The van der Waals surface area contributed by atoms with Crippen LogP contribution < -0.4 is 0 Å². The lowest BCUT2D eigenvalue weighted by Gasteiger charge is -2.10. The lowest BCUT2D eigenvalue weighted by Crippen LogP contribution is -2.21. The maximum absolute atomic E-state index is 11.4. The number of hydrogen-bond donors (Lipinski definition) is 0. The molecule has 0 saturated heterocycles. The Morgan fingerprint density at radius 1 is 1.44 bits per heavy atom. The van der Waals surface area contributed by atoms with Gasteiger partial charge in [-0.3, -0.25) is 4.79 Å². The van der Waals surface area contributed by atoms with Crippen LogP contribution in [0.1, 0.15) is 12.0 Å². The lowest BCUT2D eigenvalue weighted by atomic mass is 10.1. The summed E-state index contributed by atoms with van der Waals surface area (Å²) in [5, 5.41) is 3.59. The second-order valence-electron chi connectivity index (χ2n) is 3.61. The van der Waals surface area contributed by atoms with Crippen molar-refractivity contribution in [1.29, 1.82) is 0 Å². The Morgan fingerprint density at radius 3 is 2.75 bits per heavy atom. The first-order valence-corrected chi connectivity index (χ1v) is 4.98. The molecular weight excluding hydrogens is 204 g/mol. The molecule has 5 heteroatoms. The first kappa shape index (κ1) is 12.1. The summed E-state index contributed by atoms with van der Waals surface area (Å²) in [6.45, 7) is 0. The Balaban J connectivity index is 2.73. The van der Waals surface area contributed by atoms with Gasteiger partial charge in [-0.15, -0.1) is 0 Å². The Morgan fingerprint density at radius 2 is 2.12 bits per heavy atom. The second kappa shape index (κ2) is 5.78. The molecule has 0 N–H and O–H groups in total. The Labute approximate surface area is 94.3 Å². The maximum Gasteiger partial charge on any atom is 0.222 e. The molecule has 1 aromatic rings. The molecule has 0 aromatic heterocycles. The summed E-state index contributed by atoms with van der Waals surface area (Å²) in [5.74, 6) is 0.0655. The van der Waals surface area contributed by atoms with Crippen LogP contribution in [0.5, 0.6) is 0 Å². The van der Waals surface area contributed by atoms with Gasteiger partial charge >= 0.3 is 0 Å². The molecule has 0 saturated carbocycles. The summed E-state index contributed by atoms with van der Waals surface area (Å²) in [7, 11) is 3.45. The molecule has 0 radical (unpaired) electrons. The summed E-state index contributed by atoms with van der Waals surface area (Å²) in [5.41, 5.74) is 9.89. The van der Waals surface area contributed by atoms with Crippen molar-refractivity contribution in [3.05, 3.63) is 40.3 Å². The minimum Gasteiger partial charge on any atom is -0.349 e. The van der Waals surface area contributed by atoms with Gasteiger partial charge in [0.05, 0.1) is 0 Å². The molecule has 0 bridgehead atoms. The molecular formula is C11H14N4O. The number of carbonyl (C=O) groups is 1. The van der Waals surface area contributed by atoms with Gasteiger partial charge in [-0.2, -0.15) is 0 Å². The molecule has 16 heavy (non-hydrogen) atoms. The molecule has 0 atom stereocenters. The van der Waals surface area contributed by atoms with Crippen LogP contribution in [0.4, 0.5) is 5.69 Å². The predicted molar refractivity (Wildman–Crippen MR) is 62.3 cm³/mol. The second-order valence-corrected chi connectivity index (χ2v) is 3.61. The van der Waals surface area contributed by atoms with E-state index in [1.54, 1.807) is 31.1 Å². The maximum atomic E-state index is 11.4. The number of amides is 1. The van der Waals surface area contributed by atoms with Crippen LogP contribution in [0.3, 0.4) is 0 Å². The van der Waals surface area contributed by atoms with Crippen molar-refractivity contribution in [2.24, 2.45) is 5.11 Å². The van der Waals surface area contributed by atoms with Gasteiger partial charge in [0.15, 0.2) is 0 Å². The SMILES string of the molecule is CN(C)C(=O)CCc1ccccc1N=[N+]=[N-]. The smallest absolute Gasteiger partial charge is 0.222 e. The van der Waals surface area contributed by atoms with Gasteiger partial charge in [0, 0.05) is 31.1 Å². The number of azide groups is 1. The van der Waals surface area contributed by atoms with E-state index in [9.17, 15) is 4.79 Å². The van der Waals surface area contributed by atoms with Crippen LogP contribution in [-0.2, 0) is 11.2 Å². The zero-order valence-electron chi connectivity index (χ0n) is 9.42. The van der Waals surface area contributed by atoms with Crippen molar-refractivity contribution < 1.29 is 4.79 Å². The number of aryl methyl sites for hydroxylation is 1. The van der Waals surface area contributed by atoms with Crippen LogP contribution in [0.15, 0.2) is 29.4 Å². The van der Waals surface area contributed by atoms with Crippen molar-refractivity contribution in [2.45, 2.75) is 12.8 Å². The monoisotopic (exact) mass is 218 g/mol. The zero-order valence-corrected chi connectivity index (χ0v) is 9.42. The molecule has 1 amide bonds. The quantitative estimate of drug-likeness (QED) is 0.435. The molecule has 0 aliphatic carbocycles. The van der Waals surface area contributed by atoms with E-state index in [0.717, 1.165) is 5.56 Å². The summed E-state index contributed by atoms with van der Waals surface area (Å²) < 4.78 is 0. The Bertz CT molecular complexity index is 422. The zero-order chi connectivity index (χ0) is 12.0. The van der Waals surface area contributed by atoms with Crippen molar-refractivity contribution in [3.63, 3.8) is 0 Å². The third-order valence-corrected chi connectivity index (χ3v) is 2.25. The van der Waals surface area contributed by atoms with Crippen LogP contribution in [-0.4, -0.2) is 24.9 Å². The van der Waals surface area contributed by atoms with Crippen LogP contribution >= 0.6 is 0 Å². The van der Waals surface area contributed by atoms with Gasteiger partial charge in [0.2, 0.25) is 5.91 Å². The average Bonchev–Trinajstić information content (AvgIpc) is 2.27. The van der Waals surface area contributed by atoms with Gasteiger partial charge in [-0.05, 0) is 17.5 Å². The summed E-state index contributed by atoms with van der Waals surface area (Å²) >= 11 is 0. The van der Waals surface area contributed by atoms with Crippen LogP contribution in [0.25, 0.3) is 10.4 Å². The van der Waals surface area contributed by atoms with Gasteiger partial charge in [0.1, 0.15) is 0 Å². The minimum absolute atomic E-state index is 0.0655. The fourth-order valence-corrected chi connectivity index (χ4v) is 1.33. The summed E-state index contributed by atoms with van der Waals surface area (Å²) in [6.07, 6.45) is 1.01. The fraction of sp³-hybridized carbons (Fsp3) is 0.364. The minimum atomic E-state index is 0.0655. The number of rotatable bonds is 4. The van der Waals surface area contributed by atoms with Crippen molar-refractivity contribution in [1.82, 2.24) is 4.90 Å². The van der Waals surface area contributed by atoms with E-state index >= 15 is 0 Å². The van der Waals surface area contributed by atoms with Gasteiger partial charge < -0.3 is 4.90 Å². The number of benzene rings is 1. The highest BCUT2D eigenvalue weighted by molar-refractivity contribution is 5.76. The normalized spacial score (nSPS) is 9.38. The molecule has 84 valence electrons. The Kier molecular flexibility index (Phi) is 4.36. The number of nitrogens with zero attached hydrogens (tertiary/aromatic N) is 4.